The van der Waals surface area contributed by atoms with Crippen LogP contribution in [0, 0.1) is 11.3 Å². The molecule has 0 aliphatic rings. The molecule has 0 aromatic carbocycles. The van der Waals surface area contributed by atoms with Gasteiger partial charge in [-0.15, -0.1) is 0 Å². The van der Waals surface area contributed by atoms with E-state index in [4.69, 9.17) is 5.26 Å². The van der Waals surface area contributed by atoms with E-state index in [1.54, 1.807) is 0 Å². The SMILES string of the molecule is CCCCNC(=O)CSCCC#N. The predicted octanol–water partition coefficient (Wildman–Crippen LogP) is 1.55. The molecular weight excluding hydrogens is 184 g/mol. The number of rotatable bonds is 7. The van der Waals surface area contributed by atoms with Crippen molar-refractivity contribution < 1.29 is 4.79 Å². The number of nitriles is 1. The van der Waals surface area contributed by atoms with Gasteiger partial charge < -0.3 is 5.32 Å². The van der Waals surface area contributed by atoms with Crippen molar-refractivity contribution in [3.8, 4) is 6.07 Å². The smallest absolute Gasteiger partial charge is 0.229 e. The molecule has 0 aliphatic heterocycles. The number of nitrogens with zero attached hydrogens (tertiary/aromatic N) is 1. The lowest BCUT2D eigenvalue weighted by Crippen LogP contribution is -2.26. The van der Waals surface area contributed by atoms with Gasteiger partial charge in [-0.1, -0.05) is 13.3 Å². The van der Waals surface area contributed by atoms with Gasteiger partial charge in [-0.2, -0.15) is 17.0 Å². The summed E-state index contributed by atoms with van der Waals surface area (Å²) in [6, 6.07) is 2.04. The number of carbonyl (C=O) groups is 1. The van der Waals surface area contributed by atoms with Crippen LogP contribution >= 0.6 is 11.8 Å². The number of carbonyl (C=O) groups excluding carboxylic acids is 1. The van der Waals surface area contributed by atoms with Gasteiger partial charge in [0.1, 0.15) is 0 Å². The third-order valence-electron chi connectivity index (χ3n) is 1.44. The third-order valence-corrected chi connectivity index (χ3v) is 2.40. The van der Waals surface area contributed by atoms with Gasteiger partial charge in [0.25, 0.3) is 0 Å². The first kappa shape index (κ1) is 12.3. The van der Waals surface area contributed by atoms with Crippen LogP contribution < -0.4 is 5.32 Å². The Morgan fingerprint density at radius 3 is 3.00 bits per heavy atom. The standard InChI is InChI=1S/C9H16N2OS/c1-2-3-6-11-9(12)8-13-7-4-5-10/h2-4,6-8H2,1H3,(H,11,12). The summed E-state index contributed by atoms with van der Waals surface area (Å²) < 4.78 is 0. The average Bonchev–Trinajstić information content (AvgIpc) is 2.13. The minimum absolute atomic E-state index is 0.0800. The first-order chi connectivity index (χ1) is 6.31. The number of unbranched alkanes of at least 4 members (excludes halogenated alkanes) is 1. The Morgan fingerprint density at radius 1 is 1.62 bits per heavy atom. The summed E-state index contributed by atoms with van der Waals surface area (Å²) in [6.07, 6.45) is 2.66. The molecule has 4 heteroatoms. The highest BCUT2D eigenvalue weighted by Gasteiger charge is 1.99. The molecule has 3 nitrogen and oxygen atoms in total. The van der Waals surface area contributed by atoms with Gasteiger partial charge in [0, 0.05) is 18.7 Å². The molecule has 0 radical (unpaired) electrons. The molecule has 74 valence electrons. The number of amides is 1. The van der Waals surface area contributed by atoms with Crippen LogP contribution in [0.2, 0.25) is 0 Å². The summed E-state index contributed by atoms with van der Waals surface area (Å²) in [6.45, 7) is 2.86. The second-order valence-electron chi connectivity index (χ2n) is 2.66. The third kappa shape index (κ3) is 9.22. The fraction of sp³-hybridized carbons (Fsp3) is 0.778. The van der Waals surface area contributed by atoms with Crippen LogP contribution in [0.5, 0.6) is 0 Å². The molecule has 0 aromatic heterocycles. The molecular formula is C9H16N2OS. The fourth-order valence-electron chi connectivity index (χ4n) is 0.738. The summed E-state index contributed by atoms with van der Waals surface area (Å²) >= 11 is 1.51. The zero-order valence-corrected chi connectivity index (χ0v) is 8.82. The Kier molecular flexibility index (Phi) is 8.90. The average molecular weight is 200 g/mol. The molecule has 0 fully saturated rings. The first-order valence-electron chi connectivity index (χ1n) is 4.52. The highest BCUT2D eigenvalue weighted by atomic mass is 32.2. The maximum atomic E-state index is 11.1. The molecule has 0 spiro atoms. The van der Waals surface area contributed by atoms with Crippen molar-refractivity contribution in [2.24, 2.45) is 0 Å². The van der Waals surface area contributed by atoms with E-state index in [0.717, 1.165) is 25.1 Å². The molecule has 0 rings (SSSR count). The predicted molar refractivity (Wildman–Crippen MR) is 55.5 cm³/mol. The Balaban J connectivity index is 3.16. The van der Waals surface area contributed by atoms with E-state index in [-0.39, 0.29) is 5.91 Å². The largest absolute Gasteiger partial charge is 0.355 e. The molecule has 0 atom stereocenters. The van der Waals surface area contributed by atoms with Crippen molar-refractivity contribution in [3.63, 3.8) is 0 Å². The van der Waals surface area contributed by atoms with E-state index >= 15 is 0 Å². The Bertz CT molecular complexity index is 177. The second-order valence-corrected chi connectivity index (χ2v) is 3.77. The zero-order valence-electron chi connectivity index (χ0n) is 8.01. The van der Waals surface area contributed by atoms with Gasteiger partial charge in [-0.3, -0.25) is 4.79 Å². The van der Waals surface area contributed by atoms with Gasteiger partial charge >= 0.3 is 0 Å². The summed E-state index contributed by atoms with van der Waals surface area (Å²) in [5, 5.41) is 11.1. The van der Waals surface area contributed by atoms with E-state index in [9.17, 15) is 4.79 Å². The van der Waals surface area contributed by atoms with Gasteiger partial charge in [0.15, 0.2) is 0 Å². The van der Waals surface area contributed by atoms with E-state index < -0.39 is 0 Å². The number of hydrogen-bond donors (Lipinski definition) is 1. The van der Waals surface area contributed by atoms with E-state index in [0.29, 0.717) is 12.2 Å². The van der Waals surface area contributed by atoms with E-state index in [1.807, 2.05) is 6.07 Å². The van der Waals surface area contributed by atoms with Gasteiger partial charge in [-0.25, -0.2) is 0 Å². The molecule has 0 heterocycles. The zero-order chi connectivity index (χ0) is 9.94. The van der Waals surface area contributed by atoms with Crippen LogP contribution in [-0.2, 0) is 4.79 Å². The van der Waals surface area contributed by atoms with Gasteiger partial charge in [0.05, 0.1) is 11.8 Å². The highest BCUT2D eigenvalue weighted by molar-refractivity contribution is 7.99. The van der Waals surface area contributed by atoms with Gasteiger partial charge in [0.2, 0.25) is 5.91 Å². The first-order valence-corrected chi connectivity index (χ1v) is 5.68. The lowest BCUT2D eigenvalue weighted by atomic mass is 10.3. The Morgan fingerprint density at radius 2 is 2.38 bits per heavy atom. The molecule has 1 N–H and O–H groups in total. The topological polar surface area (TPSA) is 52.9 Å². The van der Waals surface area contributed by atoms with Crippen molar-refractivity contribution in [3.05, 3.63) is 0 Å². The molecule has 0 saturated carbocycles. The van der Waals surface area contributed by atoms with Crippen LogP contribution in [0.15, 0.2) is 0 Å². The summed E-state index contributed by atoms with van der Waals surface area (Å²) in [7, 11) is 0. The molecule has 0 bridgehead atoms. The molecule has 0 saturated heterocycles. The Labute approximate surface area is 83.9 Å². The van der Waals surface area contributed by atoms with Gasteiger partial charge in [-0.05, 0) is 6.42 Å². The van der Waals surface area contributed by atoms with Crippen LogP contribution in [0.4, 0.5) is 0 Å². The number of thioether (sulfide) groups is 1. The monoisotopic (exact) mass is 200 g/mol. The minimum Gasteiger partial charge on any atom is -0.355 e. The summed E-state index contributed by atoms with van der Waals surface area (Å²) in [4.78, 5) is 11.1. The molecule has 0 aliphatic carbocycles. The summed E-state index contributed by atoms with van der Waals surface area (Å²) in [5.41, 5.74) is 0. The maximum absolute atomic E-state index is 11.1. The van der Waals surface area contributed by atoms with Crippen LogP contribution in [0.25, 0.3) is 0 Å². The van der Waals surface area contributed by atoms with Crippen LogP contribution in [-0.4, -0.2) is 24.0 Å². The lowest BCUT2D eigenvalue weighted by Gasteiger charge is -2.02. The quantitative estimate of drug-likeness (QED) is 0.634. The van der Waals surface area contributed by atoms with Crippen molar-refractivity contribution in [2.75, 3.05) is 18.1 Å². The highest BCUT2D eigenvalue weighted by Crippen LogP contribution is 2.00. The Hall–Kier alpha value is -0.690. The molecule has 13 heavy (non-hydrogen) atoms. The van der Waals surface area contributed by atoms with Crippen molar-refractivity contribution >= 4 is 17.7 Å². The van der Waals surface area contributed by atoms with Crippen molar-refractivity contribution in [1.82, 2.24) is 5.32 Å². The fourth-order valence-corrected chi connectivity index (χ4v) is 1.41. The van der Waals surface area contributed by atoms with Crippen LogP contribution in [0.1, 0.15) is 26.2 Å². The van der Waals surface area contributed by atoms with E-state index in [2.05, 4.69) is 12.2 Å². The maximum Gasteiger partial charge on any atom is 0.229 e. The van der Waals surface area contributed by atoms with Crippen molar-refractivity contribution in [1.29, 1.82) is 5.26 Å². The number of nitrogens with one attached hydrogen (secondary N) is 1. The minimum atomic E-state index is 0.0800. The normalized spacial score (nSPS) is 9.23. The number of hydrogen-bond acceptors (Lipinski definition) is 3. The summed E-state index contributed by atoms with van der Waals surface area (Å²) in [5.74, 6) is 1.31. The lowest BCUT2D eigenvalue weighted by molar-refractivity contribution is -0.118. The molecule has 0 unspecified atom stereocenters. The van der Waals surface area contributed by atoms with Crippen LogP contribution in [0.3, 0.4) is 0 Å². The molecule has 0 aromatic rings. The van der Waals surface area contributed by atoms with Crippen molar-refractivity contribution in [2.45, 2.75) is 26.2 Å². The van der Waals surface area contributed by atoms with E-state index in [1.165, 1.54) is 11.8 Å². The molecule has 1 amide bonds. The second kappa shape index (κ2) is 9.40.